The normalized spacial score (nSPS) is 10.9. The molecule has 2 N–H and O–H groups in total. The Bertz CT molecular complexity index is 710. The number of rotatable bonds is 4. The van der Waals surface area contributed by atoms with Gasteiger partial charge >= 0.3 is 6.03 Å². The van der Waals surface area contributed by atoms with Gasteiger partial charge in [-0.2, -0.15) is 0 Å². The molecular weight excluding hydrogens is 288 g/mol. The summed E-state index contributed by atoms with van der Waals surface area (Å²) in [7, 11) is -3.22. The molecular formula is C15H16N2O3S. The first-order valence-corrected chi connectivity index (χ1v) is 8.12. The van der Waals surface area contributed by atoms with E-state index in [1.807, 2.05) is 18.2 Å². The molecule has 0 saturated heterocycles. The Morgan fingerprint density at radius 1 is 0.905 bits per heavy atom. The Labute approximate surface area is 123 Å². The molecule has 110 valence electrons. The second kappa shape index (κ2) is 6.41. The third kappa shape index (κ3) is 4.06. The predicted molar refractivity (Wildman–Crippen MR) is 83.3 cm³/mol. The summed E-state index contributed by atoms with van der Waals surface area (Å²) in [5.41, 5.74) is 1.21. The van der Waals surface area contributed by atoms with Gasteiger partial charge < -0.3 is 10.6 Å². The molecule has 0 fully saturated rings. The molecule has 0 saturated carbocycles. The maximum atomic E-state index is 11.8. The summed E-state index contributed by atoms with van der Waals surface area (Å²) < 4.78 is 23.4. The minimum absolute atomic E-state index is 0.0499. The summed E-state index contributed by atoms with van der Waals surface area (Å²) in [5.74, 6) is 0.0499. The number of urea groups is 1. The molecule has 21 heavy (non-hydrogen) atoms. The highest BCUT2D eigenvalue weighted by molar-refractivity contribution is 7.91. The number of para-hydroxylation sites is 1. The van der Waals surface area contributed by atoms with Crippen LogP contribution in [0.4, 0.5) is 16.2 Å². The van der Waals surface area contributed by atoms with E-state index >= 15 is 0 Å². The van der Waals surface area contributed by atoms with E-state index in [1.165, 1.54) is 12.1 Å². The second-order valence-electron chi connectivity index (χ2n) is 4.37. The fraction of sp³-hybridized carbons (Fsp3) is 0.133. The van der Waals surface area contributed by atoms with Crippen molar-refractivity contribution in [2.45, 2.75) is 11.8 Å². The number of amides is 2. The first-order chi connectivity index (χ1) is 10.0. The lowest BCUT2D eigenvalue weighted by Crippen LogP contribution is -2.19. The zero-order chi connectivity index (χ0) is 15.3. The van der Waals surface area contributed by atoms with Gasteiger partial charge in [0.25, 0.3) is 0 Å². The third-order valence-electron chi connectivity index (χ3n) is 2.88. The quantitative estimate of drug-likeness (QED) is 0.911. The van der Waals surface area contributed by atoms with Crippen molar-refractivity contribution in [3.63, 3.8) is 0 Å². The van der Waals surface area contributed by atoms with Crippen molar-refractivity contribution in [3.8, 4) is 0 Å². The third-order valence-corrected chi connectivity index (χ3v) is 4.63. The molecule has 0 bridgehead atoms. The summed E-state index contributed by atoms with van der Waals surface area (Å²) in [5, 5.41) is 5.32. The summed E-state index contributed by atoms with van der Waals surface area (Å²) >= 11 is 0. The number of hydrogen-bond acceptors (Lipinski definition) is 3. The van der Waals surface area contributed by atoms with E-state index in [4.69, 9.17) is 0 Å². The van der Waals surface area contributed by atoms with Crippen LogP contribution in [0.2, 0.25) is 0 Å². The Morgan fingerprint density at radius 3 is 1.95 bits per heavy atom. The van der Waals surface area contributed by atoms with Crippen molar-refractivity contribution in [1.29, 1.82) is 0 Å². The highest BCUT2D eigenvalue weighted by Crippen LogP contribution is 2.15. The highest BCUT2D eigenvalue weighted by atomic mass is 32.2. The molecule has 0 heterocycles. The number of hydrogen-bond donors (Lipinski definition) is 2. The monoisotopic (exact) mass is 304 g/mol. The van der Waals surface area contributed by atoms with Gasteiger partial charge in [0.2, 0.25) is 0 Å². The number of nitrogens with one attached hydrogen (secondary N) is 2. The lowest BCUT2D eigenvalue weighted by molar-refractivity contribution is 0.262. The number of carbonyl (C=O) groups excluding carboxylic acids is 1. The summed E-state index contributed by atoms with van der Waals surface area (Å²) in [4.78, 5) is 12.0. The summed E-state index contributed by atoms with van der Waals surface area (Å²) in [6, 6.07) is 14.8. The molecule has 5 nitrogen and oxygen atoms in total. The molecule has 0 aliphatic rings. The maximum absolute atomic E-state index is 11.8. The highest BCUT2D eigenvalue weighted by Gasteiger charge is 2.11. The van der Waals surface area contributed by atoms with E-state index in [1.54, 1.807) is 31.2 Å². The van der Waals surface area contributed by atoms with Gasteiger partial charge in [-0.25, -0.2) is 13.2 Å². The van der Waals surface area contributed by atoms with E-state index in [0.717, 1.165) is 0 Å². The number of carbonyl (C=O) groups is 1. The predicted octanol–water partition coefficient (Wildman–Crippen LogP) is 3.12. The van der Waals surface area contributed by atoms with E-state index in [-0.39, 0.29) is 16.7 Å². The van der Waals surface area contributed by atoms with Crippen LogP contribution in [0.25, 0.3) is 0 Å². The molecule has 0 spiro atoms. The lowest BCUT2D eigenvalue weighted by Gasteiger charge is -2.08. The van der Waals surface area contributed by atoms with Gasteiger partial charge in [0, 0.05) is 11.4 Å². The number of benzene rings is 2. The Balaban J connectivity index is 2.02. The van der Waals surface area contributed by atoms with Crippen molar-refractivity contribution >= 4 is 27.2 Å². The number of sulfone groups is 1. The molecule has 2 aromatic rings. The minimum atomic E-state index is -3.22. The van der Waals surface area contributed by atoms with Crippen LogP contribution in [0.3, 0.4) is 0 Å². The molecule has 0 atom stereocenters. The van der Waals surface area contributed by atoms with E-state index in [9.17, 15) is 13.2 Å². The number of anilines is 2. The van der Waals surface area contributed by atoms with Crippen LogP contribution < -0.4 is 10.6 Å². The van der Waals surface area contributed by atoms with Gasteiger partial charge in [-0.15, -0.1) is 0 Å². The second-order valence-corrected chi connectivity index (χ2v) is 6.65. The van der Waals surface area contributed by atoms with Crippen LogP contribution >= 0.6 is 0 Å². The fourth-order valence-electron chi connectivity index (χ4n) is 1.73. The molecule has 2 rings (SSSR count). The van der Waals surface area contributed by atoms with Gasteiger partial charge in [0.1, 0.15) is 0 Å². The van der Waals surface area contributed by atoms with Crippen LogP contribution in [0.1, 0.15) is 6.92 Å². The lowest BCUT2D eigenvalue weighted by atomic mass is 10.3. The molecule has 2 aromatic carbocycles. The minimum Gasteiger partial charge on any atom is -0.308 e. The van der Waals surface area contributed by atoms with Gasteiger partial charge in [-0.05, 0) is 36.4 Å². The Kier molecular flexibility index (Phi) is 4.59. The van der Waals surface area contributed by atoms with Gasteiger partial charge in [-0.3, -0.25) is 0 Å². The molecule has 0 aliphatic heterocycles. The zero-order valence-electron chi connectivity index (χ0n) is 11.5. The standard InChI is InChI=1S/C15H16N2O3S/c1-2-21(19,20)14-10-8-13(9-11-14)17-15(18)16-12-6-4-3-5-7-12/h3-11H,2H2,1H3,(H2,16,17,18). The smallest absolute Gasteiger partial charge is 0.308 e. The first-order valence-electron chi connectivity index (χ1n) is 6.47. The summed E-state index contributed by atoms with van der Waals surface area (Å²) in [6.45, 7) is 1.59. The molecule has 0 aromatic heterocycles. The first kappa shape index (κ1) is 15.1. The van der Waals surface area contributed by atoms with Crippen molar-refractivity contribution < 1.29 is 13.2 Å². The largest absolute Gasteiger partial charge is 0.323 e. The zero-order valence-corrected chi connectivity index (χ0v) is 12.4. The van der Waals surface area contributed by atoms with Crippen LogP contribution in [-0.4, -0.2) is 20.2 Å². The average molecular weight is 304 g/mol. The van der Waals surface area contributed by atoms with Crippen molar-refractivity contribution in [3.05, 3.63) is 54.6 Å². The van der Waals surface area contributed by atoms with Crippen molar-refractivity contribution in [2.75, 3.05) is 16.4 Å². The van der Waals surface area contributed by atoms with Crippen LogP contribution in [-0.2, 0) is 9.84 Å². The Morgan fingerprint density at radius 2 is 1.43 bits per heavy atom. The summed E-state index contributed by atoms with van der Waals surface area (Å²) in [6.07, 6.45) is 0. The van der Waals surface area contributed by atoms with Gasteiger partial charge in [0.15, 0.2) is 9.84 Å². The molecule has 0 radical (unpaired) electrons. The van der Waals surface area contributed by atoms with Crippen LogP contribution in [0.15, 0.2) is 59.5 Å². The maximum Gasteiger partial charge on any atom is 0.323 e. The SMILES string of the molecule is CCS(=O)(=O)c1ccc(NC(=O)Nc2ccccc2)cc1. The topological polar surface area (TPSA) is 75.3 Å². The Hall–Kier alpha value is -2.34. The fourth-order valence-corrected chi connectivity index (χ4v) is 2.61. The molecule has 6 heteroatoms. The van der Waals surface area contributed by atoms with Crippen LogP contribution in [0, 0.1) is 0 Å². The van der Waals surface area contributed by atoms with Gasteiger partial charge in [0.05, 0.1) is 10.6 Å². The van der Waals surface area contributed by atoms with Crippen molar-refractivity contribution in [2.24, 2.45) is 0 Å². The van der Waals surface area contributed by atoms with Crippen LogP contribution in [0.5, 0.6) is 0 Å². The van der Waals surface area contributed by atoms with Gasteiger partial charge in [-0.1, -0.05) is 25.1 Å². The molecule has 2 amide bonds. The molecule has 0 unspecified atom stereocenters. The van der Waals surface area contributed by atoms with E-state index in [0.29, 0.717) is 11.4 Å². The molecule has 0 aliphatic carbocycles. The van der Waals surface area contributed by atoms with E-state index in [2.05, 4.69) is 10.6 Å². The average Bonchev–Trinajstić information content (AvgIpc) is 2.48. The van der Waals surface area contributed by atoms with E-state index < -0.39 is 9.84 Å². The van der Waals surface area contributed by atoms with Crippen molar-refractivity contribution in [1.82, 2.24) is 0 Å².